The fourth-order valence-corrected chi connectivity index (χ4v) is 4.23. The van der Waals surface area contributed by atoms with Crippen molar-refractivity contribution in [3.8, 4) is 12.3 Å². The number of sulfone groups is 1. The first kappa shape index (κ1) is 13.7. The van der Waals surface area contributed by atoms with Crippen LogP contribution in [-0.4, -0.2) is 37.4 Å². The molecule has 1 atom stereocenters. The molecule has 1 aliphatic rings. The van der Waals surface area contributed by atoms with E-state index in [0.29, 0.717) is 24.2 Å². The minimum Gasteiger partial charge on any atom is -0.453 e. The SMILES string of the molecule is C#CCN(Cc1ccc(Br)o1)C1CCS(=O)(=O)C1. The number of halogens is 1. The zero-order chi connectivity index (χ0) is 13.2. The van der Waals surface area contributed by atoms with Crippen LogP contribution in [0.2, 0.25) is 0 Å². The van der Waals surface area contributed by atoms with Gasteiger partial charge in [0.25, 0.3) is 0 Å². The van der Waals surface area contributed by atoms with Gasteiger partial charge in [-0.05, 0) is 34.5 Å². The maximum atomic E-state index is 11.5. The molecule has 1 aromatic heterocycles. The third kappa shape index (κ3) is 3.37. The van der Waals surface area contributed by atoms with Crippen molar-refractivity contribution < 1.29 is 12.8 Å². The molecule has 4 nitrogen and oxygen atoms in total. The highest BCUT2D eigenvalue weighted by atomic mass is 79.9. The summed E-state index contributed by atoms with van der Waals surface area (Å²) in [6.07, 6.45) is 5.99. The molecule has 0 saturated carbocycles. The van der Waals surface area contributed by atoms with E-state index >= 15 is 0 Å². The van der Waals surface area contributed by atoms with Crippen LogP contribution in [0, 0.1) is 12.3 Å². The fourth-order valence-electron chi connectivity index (χ4n) is 2.13. The van der Waals surface area contributed by atoms with Crippen LogP contribution in [0.5, 0.6) is 0 Å². The molecular weight excluding hydrogens is 318 g/mol. The van der Waals surface area contributed by atoms with E-state index in [0.717, 1.165) is 5.76 Å². The predicted octanol–water partition coefficient (Wildman–Crippen LogP) is 1.66. The van der Waals surface area contributed by atoms with Gasteiger partial charge < -0.3 is 4.42 Å². The van der Waals surface area contributed by atoms with Gasteiger partial charge in [0.1, 0.15) is 5.76 Å². The largest absolute Gasteiger partial charge is 0.453 e. The van der Waals surface area contributed by atoms with Gasteiger partial charge in [-0.3, -0.25) is 4.90 Å². The van der Waals surface area contributed by atoms with Crippen molar-refractivity contribution in [2.75, 3.05) is 18.1 Å². The van der Waals surface area contributed by atoms with Crippen molar-refractivity contribution >= 4 is 25.8 Å². The molecule has 0 aromatic carbocycles. The maximum Gasteiger partial charge on any atom is 0.169 e. The van der Waals surface area contributed by atoms with E-state index in [2.05, 4.69) is 21.9 Å². The Hall–Kier alpha value is -0.770. The van der Waals surface area contributed by atoms with Gasteiger partial charge in [-0.2, -0.15) is 0 Å². The lowest BCUT2D eigenvalue weighted by Crippen LogP contribution is -2.35. The molecule has 1 saturated heterocycles. The van der Waals surface area contributed by atoms with E-state index in [1.807, 2.05) is 17.0 Å². The number of hydrogen-bond donors (Lipinski definition) is 0. The Morgan fingerprint density at radius 1 is 1.56 bits per heavy atom. The van der Waals surface area contributed by atoms with Crippen molar-refractivity contribution in [2.45, 2.75) is 19.0 Å². The molecular formula is C12H14BrNO3S. The van der Waals surface area contributed by atoms with Gasteiger partial charge >= 0.3 is 0 Å². The van der Waals surface area contributed by atoms with E-state index in [1.54, 1.807) is 0 Å². The van der Waals surface area contributed by atoms with Gasteiger partial charge in [-0.15, -0.1) is 6.42 Å². The third-order valence-electron chi connectivity index (χ3n) is 3.01. The zero-order valence-electron chi connectivity index (χ0n) is 9.80. The topological polar surface area (TPSA) is 50.5 Å². The Morgan fingerprint density at radius 2 is 2.33 bits per heavy atom. The van der Waals surface area contributed by atoms with Crippen molar-refractivity contribution in [1.82, 2.24) is 4.90 Å². The lowest BCUT2D eigenvalue weighted by atomic mass is 10.2. The van der Waals surface area contributed by atoms with E-state index in [9.17, 15) is 8.42 Å². The highest BCUT2D eigenvalue weighted by Gasteiger charge is 2.32. The van der Waals surface area contributed by atoms with E-state index in [-0.39, 0.29) is 17.5 Å². The second kappa shape index (κ2) is 5.47. The van der Waals surface area contributed by atoms with Crippen molar-refractivity contribution in [1.29, 1.82) is 0 Å². The number of hydrogen-bond acceptors (Lipinski definition) is 4. The normalized spacial score (nSPS) is 22.2. The molecule has 1 aliphatic heterocycles. The Morgan fingerprint density at radius 3 is 2.83 bits per heavy atom. The molecule has 98 valence electrons. The van der Waals surface area contributed by atoms with Gasteiger partial charge in [-0.25, -0.2) is 8.42 Å². The Bertz CT molecular complexity index is 558. The summed E-state index contributed by atoms with van der Waals surface area (Å²) < 4.78 is 29.1. The summed E-state index contributed by atoms with van der Waals surface area (Å²) in [5, 5.41) is 0. The van der Waals surface area contributed by atoms with Crippen molar-refractivity contribution in [3.63, 3.8) is 0 Å². The molecule has 1 fully saturated rings. The second-order valence-electron chi connectivity index (χ2n) is 4.37. The van der Waals surface area contributed by atoms with Crippen LogP contribution in [0.1, 0.15) is 12.2 Å². The summed E-state index contributed by atoms with van der Waals surface area (Å²) in [5.41, 5.74) is 0. The fraction of sp³-hybridized carbons (Fsp3) is 0.500. The molecule has 2 rings (SSSR count). The molecule has 0 spiro atoms. The number of furan rings is 1. The molecule has 0 radical (unpaired) electrons. The summed E-state index contributed by atoms with van der Waals surface area (Å²) in [4.78, 5) is 1.98. The third-order valence-corrected chi connectivity index (χ3v) is 5.18. The van der Waals surface area contributed by atoms with E-state index in [1.165, 1.54) is 0 Å². The molecule has 1 unspecified atom stereocenters. The first-order chi connectivity index (χ1) is 8.50. The van der Waals surface area contributed by atoms with Crippen LogP contribution >= 0.6 is 15.9 Å². The first-order valence-electron chi connectivity index (χ1n) is 5.62. The monoisotopic (exact) mass is 331 g/mol. The Kier molecular flexibility index (Phi) is 4.15. The van der Waals surface area contributed by atoms with Crippen LogP contribution in [0.25, 0.3) is 0 Å². The quantitative estimate of drug-likeness (QED) is 0.787. The molecule has 1 aromatic rings. The van der Waals surface area contributed by atoms with Gasteiger partial charge in [0.15, 0.2) is 14.5 Å². The highest BCUT2D eigenvalue weighted by molar-refractivity contribution is 9.10. The van der Waals surface area contributed by atoms with Gasteiger partial charge in [0.05, 0.1) is 24.6 Å². The van der Waals surface area contributed by atoms with Crippen LogP contribution in [0.4, 0.5) is 0 Å². The maximum absolute atomic E-state index is 11.5. The van der Waals surface area contributed by atoms with E-state index < -0.39 is 9.84 Å². The minimum atomic E-state index is -2.90. The standard InChI is InChI=1S/C12H14BrNO3S/c1-2-6-14(8-11-3-4-12(13)17-11)10-5-7-18(15,16)9-10/h1,3-4,10H,5-9H2. The van der Waals surface area contributed by atoms with Gasteiger partial charge in [0.2, 0.25) is 0 Å². The van der Waals surface area contributed by atoms with Crippen LogP contribution < -0.4 is 0 Å². The molecule has 0 amide bonds. The van der Waals surface area contributed by atoms with Crippen LogP contribution in [0.15, 0.2) is 21.2 Å². The number of nitrogens with zero attached hydrogens (tertiary/aromatic N) is 1. The minimum absolute atomic E-state index is 0.00470. The summed E-state index contributed by atoms with van der Waals surface area (Å²) in [6, 6.07) is 3.67. The summed E-state index contributed by atoms with van der Waals surface area (Å²) in [7, 11) is -2.90. The zero-order valence-corrected chi connectivity index (χ0v) is 12.2. The Labute approximate surface area is 115 Å². The van der Waals surface area contributed by atoms with Gasteiger partial charge in [-0.1, -0.05) is 5.92 Å². The molecule has 6 heteroatoms. The molecule has 2 heterocycles. The highest BCUT2D eigenvalue weighted by Crippen LogP contribution is 2.21. The van der Waals surface area contributed by atoms with E-state index in [4.69, 9.17) is 10.8 Å². The lowest BCUT2D eigenvalue weighted by molar-refractivity contribution is 0.211. The molecule has 0 N–H and O–H groups in total. The molecule has 18 heavy (non-hydrogen) atoms. The lowest BCUT2D eigenvalue weighted by Gasteiger charge is -2.24. The van der Waals surface area contributed by atoms with Crippen LogP contribution in [0.3, 0.4) is 0 Å². The molecule has 0 bridgehead atoms. The summed E-state index contributed by atoms with van der Waals surface area (Å²) >= 11 is 3.24. The van der Waals surface area contributed by atoms with Crippen molar-refractivity contribution in [2.24, 2.45) is 0 Å². The smallest absolute Gasteiger partial charge is 0.169 e. The number of terminal acetylenes is 1. The summed E-state index contributed by atoms with van der Waals surface area (Å²) in [6.45, 7) is 0.967. The first-order valence-corrected chi connectivity index (χ1v) is 8.24. The second-order valence-corrected chi connectivity index (χ2v) is 7.38. The average Bonchev–Trinajstić information content (AvgIpc) is 2.84. The van der Waals surface area contributed by atoms with Gasteiger partial charge in [0, 0.05) is 6.04 Å². The Balaban J connectivity index is 2.07. The predicted molar refractivity (Wildman–Crippen MR) is 72.7 cm³/mol. The van der Waals surface area contributed by atoms with Crippen molar-refractivity contribution in [3.05, 3.63) is 22.6 Å². The number of rotatable bonds is 4. The average molecular weight is 332 g/mol. The van der Waals surface area contributed by atoms with Crippen LogP contribution in [-0.2, 0) is 16.4 Å². The summed E-state index contributed by atoms with van der Waals surface area (Å²) in [5.74, 6) is 3.80. The molecule has 0 aliphatic carbocycles.